The molecule has 3 rings (SSSR count). The molecule has 3 aromatic rings. The minimum Gasteiger partial charge on any atom is -0.480 e. The summed E-state index contributed by atoms with van der Waals surface area (Å²) in [5, 5.41) is 9.94. The van der Waals surface area contributed by atoms with E-state index in [2.05, 4.69) is 4.98 Å². The molecule has 0 bridgehead atoms. The summed E-state index contributed by atoms with van der Waals surface area (Å²) in [6, 6.07) is 8.66. The van der Waals surface area contributed by atoms with Crippen LogP contribution in [0, 0.1) is 13.8 Å². The van der Waals surface area contributed by atoms with E-state index in [0.717, 1.165) is 16.0 Å². The number of thiophene rings is 1. The van der Waals surface area contributed by atoms with E-state index in [0.29, 0.717) is 22.5 Å². The molecule has 0 aliphatic carbocycles. The van der Waals surface area contributed by atoms with Gasteiger partial charge in [0.25, 0.3) is 5.56 Å². The number of aromatic nitrogens is 2. The Bertz CT molecular complexity index is 973. The van der Waals surface area contributed by atoms with Gasteiger partial charge in [-0.25, -0.2) is 9.78 Å². The zero-order valence-corrected chi connectivity index (χ0v) is 14.6. The minimum absolute atomic E-state index is 0.275. The van der Waals surface area contributed by atoms with E-state index in [1.54, 1.807) is 0 Å². The summed E-state index contributed by atoms with van der Waals surface area (Å²) in [5.74, 6) is -0.563. The maximum atomic E-state index is 13.0. The third kappa shape index (κ3) is 2.73. The van der Waals surface area contributed by atoms with Gasteiger partial charge in [-0.1, -0.05) is 30.3 Å². The van der Waals surface area contributed by atoms with Gasteiger partial charge in [0.1, 0.15) is 16.7 Å². The molecule has 24 heavy (non-hydrogen) atoms. The van der Waals surface area contributed by atoms with Gasteiger partial charge >= 0.3 is 5.97 Å². The lowest BCUT2D eigenvalue weighted by Crippen LogP contribution is -2.32. The lowest BCUT2D eigenvalue weighted by molar-refractivity contribution is -0.140. The molecule has 1 unspecified atom stereocenters. The van der Waals surface area contributed by atoms with Crippen LogP contribution in [0.1, 0.15) is 34.8 Å². The third-order valence-corrected chi connectivity index (χ3v) is 5.36. The van der Waals surface area contributed by atoms with Crippen molar-refractivity contribution in [2.45, 2.75) is 33.2 Å². The standard InChI is InChI=1S/C18H18N2O3S/c1-10-12(3)24-16-15(10)17(21)20(11(2)18(22)23)14(19-16)9-13-7-5-4-6-8-13/h4-8,11H,9H2,1-3H3,(H,22,23). The van der Waals surface area contributed by atoms with E-state index >= 15 is 0 Å². The van der Waals surface area contributed by atoms with Gasteiger partial charge in [-0.2, -0.15) is 0 Å². The molecule has 1 atom stereocenters. The molecule has 0 fully saturated rings. The van der Waals surface area contributed by atoms with E-state index in [1.807, 2.05) is 44.2 Å². The van der Waals surface area contributed by atoms with Crippen LogP contribution >= 0.6 is 11.3 Å². The molecule has 0 aliphatic rings. The summed E-state index contributed by atoms with van der Waals surface area (Å²) in [6.45, 7) is 5.34. The molecule has 1 aromatic carbocycles. The summed E-state index contributed by atoms with van der Waals surface area (Å²) in [7, 11) is 0. The van der Waals surface area contributed by atoms with Crippen LogP contribution in [0.2, 0.25) is 0 Å². The fraction of sp³-hybridized carbons (Fsp3) is 0.278. The van der Waals surface area contributed by atoms with E-state index < -0.39 is 12.0 Å². The molecule has 0 radical (unpaired) electrons. The molecule has 0 amide bonds. The highest BCUT2D eigenvalue weighted by Crippen LogP contribution is 2.27. The number of carboxylic acid groups (broad SMARTS) is 1. The Balaban J connectivity index is 2.28. The van der Waals surface area contributed by atoms with Crippen LogP contribution in [0.25, 0.3) is 10.2 Å². The van der Waals surface area contributed by atoms with Crippen molar-refractivity contribution in [2.75, 3.05) is 0 Å². The predicted molar refractivity (Wildman–Crippen MR) is 94.9 cm³/mol. The normalized spacial score (nSPS) is 12.5. The number of aliphatic carboxylic acids is 1. The van der Waals surface area contributed by atoms with Crippen LogP contribution in [-0.2, 0) is 11.2 Å². The average molecular weight is 342 g/mol. The number of nitrogens with zero attached hydrogens (tertiary/aromatic N) is 2. The Hall–Kier alpha value is -2.47. The van der Waals surface area contributed by atoms with Crippen LogP contribution in [-0.4, -0.2) is 20.6 Å². The first-order valence-electron chi connectivity index (χ1n) is 7.68. The van der Waals surface area contributed by atoms with Crippen LogP contribution in [0.5, 0.6) is 0 Å². The average Bonchev–Trinajstić information content (AvgIpc) is 2.82. The topological polar surface area (TPSA) is 72.2 Å². The van der Waals surface area contributed by atoms with Gasteiger partial charge in [0.2, 0.25) is 0 Å². The molecule has 0 saturated heterocycles. The number of fused-ring (bicyclic) bond motifs is 1. The van der Waals surface area contributed by atoms with Crippen molar-refractivity contribution in [3.8, 4) is 0 Å². The predicted octanol–water partition coefficient (Wildman–Crippen LogP) is 3.31. The van der Waals surface area contributed by atoms with Crippen molar-refractivity contribution >= 4 is 27.5 Å². The van der Waals surface area contributed by atoms with Gasteiger partial charge in [-0.3, -0.25) is 9.36 Å². The van der Waals surface area contributed by atoms with E-state index in [9.17, 15) is 14.7 Å². The zero-order valence-electron chi connectivity index (χ0n) is 13.7. The minimum atomic E-state index is -1.04. The molecular formula is C18H18N2O3S. The van der Waals surface area contributed by atoms with E-state index in [1.165, 1.54) is 22.8 Å². The van der Waals surface area contributed by atoms with Gasteiger partial charge in [0, 0.05) is 11.3 Å². The highest BCUT2D eigenvalue weighted by molar-refractivity contribution is 7.18. The summed E-state index contributed by atoms with van der Waals surface area (Å²) >= 11 is 1.47. The van der Waals surface area contributed by atoms with Crippen molar-refractivity contribution < 1.29 is 9.90 Å². The van der Waals surface area contributed by atoms with Crippen molar-refractivity contribution in [3.63, 3.8) is 0 Å². The number of carbonyl (C=O) groups is 1. The molecule has 0 spiro atoms. The summed E-state index contributed by atoms with van der Waals surface area (Å²) in [6.07, 6.45) is 0.416. The maximum absolute atomic E-state index is 13.0. The largest absolute Gasteiger partial charge is 0.480 e. The second-order valence-electron chi connectivity index (χ2n) is 5.84. The number of rotatable bonds is 4. The summed E-state index contributed by atoms with van der Waals surface area (Å²) in [4.78, 5) is 30.8. The van der Waals surface area contributed by atoms with E-state index in [-0.39, 0.29) is 5.56 Å². The number of hydrogen-bond donors (Lipinski definition) is 1. The highest BCUT2D eigenvalue weighted by atomic mass is 32.1. The van der Waals surface area contributed by atoms with Gasteiger partial charge < -0.3 is 5.11 Å². The molecule has 124 valence electrons. The van der Waals surface area contributed by atoms with Crippen LogP contribution in [0.15, 0.2) is 35.1 Å². The fourth-order valence-corrected chi connectivity index (χ4v) is 3.80. The SMILES string of the molecule is Cc1sc2nc(Cc3ccccc3)n(C(C)C(=O)O)c(=O)c2c1C. The van der Waals surface area contributed by atoms with Gasteiger partial charge in [0.05, 0.1) is 5.39 Å². The van der Waals surface area contributed by atoms with Crippen LogP contribution < -0.4 is 5.56 Å². The number of aryl methyl sites for hydroxylation is 2. The Labute approximate surface area is 143 Å². The quantitative estimate of drug-likeness (QED) is 0.789. The fourth-order valence-electron chi connectivity index (χ4n) is 2.76. The molecule has 1 N–H and O–H groups in total. The molecule has 0 saturated carbocycles. The molecule has 5 nitrogen and oxygen atoms in total. The zero-order chi connectivity index (χ0) is 17.4. The highest BCUT2D eigenvalue weighted by Gasteiger charge is 2.23. The Morgan fingerprint density at radius 3 is 2.58 bits per heavy atom. The van der Waals surface area contributed by atoms with Crippen molar-refractivity contribution in [2.24, 2.45) is 0 Å². The first kappa shape index (κ1) is 16.4. The lowest BCUT2D eigenvalue weighted by Gasteiger charge is -2.16. The summed E-state index contributed by atoms with van der Waals surface area (Å²) in [5.41, 5.74) is 1.59. The van der Waals surface area contributed by atoms with Gasteiger partial charge in [-0.15, -0.1) is 11.3 Å². The number of carboxylic acids is 1. The van der Waals surface area contributed by atoms with Gasteiger partial charge in [-0.05, 0) is 31.9 Å². The maximum Gasteiger partial charge on any atom is 0.326 e. The Morgan fingerprint density at radius 1 is 1.29 bits per heavy atom. The smallest absolute Gasteiger partial charge is 0.326 e. The molecule has 6 heteroatoms. The number of benzene rings is 1. The first-order chi connectivity index (χ1) is 11.4. The Morgan fingerprint density at radius 2 is 1.96 bits per heavy atom. The van der Waals surface area contributed by atoms with Crippen molar-refractivity contribution in [1.29, 1.82) is 0 Å². The molecule has 2 aromatic heterocycles. The summed E-state index contributed by atoms with van der Waals surface area (Å²) < 4.78 is 1.32. The monoisotopic (exact) mass is 342 g/mol. The van der Waals surface area contributed by atoms with E-state index in [4.69, 9.17) is 0 Å². The molecule has 2 heterocycles. The first-order valence-corrected chi connectivity index (χ1v) is 8.49. The lowest BCUT2D eigenvalue weighted by atomic mass is 10.1. The van der Waals surface area contributed by atoms with Crippen LogP contribution in [0.4, 0.5) is 0 Å². The molecule has 0 aliphatic heterocycles. The van der Waals surface area contributed by atoms with Crippen molar-refractivity contribution in [3.05, 3.63) is 62.5 Å². The Kier molecular flexibility index (Phi) is 4.24. The van der Waals surface area contributed by atoms with Crippen molar-refractivity contribution in [1.82, 2.24) is 9.55 Å². The van der Waals surface area contributed by atoms with Crippen LogP contribution in [0.3, 0.4) is 0 Å². The number of hydrogen-bond acceptors (Lipinski definition) is 4. The van der Waals surface area contributed by atoms with Gasteiger partial charge in [0.15, 0.2) is 0 Å². The second-order valence-corrected chi connectivity index (χ2v) is 7.05. The third-order valence-electron chi connectivity index (χ3n) is 4.26. The molecular weight excluding hydrogens is 324 g/mol. The second kappa shape index (κ2) is 6.20.